The largest absolute Gasteiger partial charge is 0.341 e. The van der Waals surface area contributed by atoms with E-state index in [1.165, 1.54) is 18.2 Å². The minimum atomic E-state index is -3.92. The Morgan fingerprint density at radius 2 is 1.57 bits per heavy atom. The van der Waals surface area contributed by atoms with Crippen molar-refractivity contribution in [2.24, 2.45) is 0 Å². The molecule has 1 saturated heterocycles. The van der Waals surface area contributed by atoms with Crippen molar-refractivity contribution in [1.82, 2.24) is 9.62 Å². The summed E-state index contributed by atoms with van der Waals surface area (Å²) in [6, 6.07) is 11.4. The van der Waals surface area contributed by atoms with Gasteiger partial charge in [-0.2, -0.15) is 4.72 Å². The summed E-state index contributed by atoms with van der Waals surface area (Å²) >= 11 is 0. The van der Waals surface area contributed by atoms with Crippen LogP contribution in [0.3, 0.4) is 0 Å². The fraction of sp³-hybridized carbons (Fsp3) is 0.480. The van der Waals surface area contributed by atoms with Crippen LogP contribution >= 0.6 is 0 Å². The Bertz CT molecular complexity index is 1280. The molecule has 0 unspecified atom stereocenters. The van der Waals surface area contributed by atoms with Crippen molar-refractivity contribution in [2.45, 2.75) is 72.4 Å². The van der Waals surface area contributed by atoms with E-state index in [9.17, 15) is 26.0 Å². The Morgan fingerprint density at radius 3 is 2.17 bits per heavy atom. The normalized spacial score (nSPS) is 19.4. The zero-order valence-electron chi connectivity index (χ0n) is 19.7. The number of nitrogens with one attached hydrogen (secondary N) is 1. The molecule has 1 aliphatic heterocycles. The zero-order chi connectivity index (χ0) is 25.3. The molecule has 1 heterocycles. The molecule has 2 aromatic rings. The highest BCUT2D eigenvalue weighted by Crippen LogP contribution is 2.34. The van der Waals surface area contributed by atoms with Gasteiger partial charge in [0.05, 0.1) is 15.0 Å². The van der Waals surface area contributed by atoms with E-state index >= 15 is 0 Å². The van der Waals surface area contributed by atoms with Crippen molar-refractivity contribution in [2.75, 3.05) is 13.1 Å². The van der Waals surface area contributed by atoms with Crippen LogP contribution in [0.4, 0.5) is 4.39 Å². The number of amides is 1. The van der Waals surface area contributed by atoms with Gasteiger partial charge in [-0.3, -0.25) is 4.79 Å². The lowest BCUT2D eigenvalue weighted by Crippen LogP contribution is -2.61. The Kier molecular flexibility index (Phi) is 7.36. The van der Waals surface area contributed by atoms with E-state index in [4.69, 9.17) is 0 Å². The maximum absolute atomic E-state index is 13.7. The molecule has 4 rings (SSSR count). The average molecular weight is 523 g/mol. The molecular weight excluding hydrogens is 491 g/mol. The number of hydrogen-bond acceptors (Lipinski definition) is 5. The third-order valence-electron chi connectivity index (χ3n) is 7.06. The van der Waals surface area contributed by atoms with Gasteiger partial charge in [0.2, 0.25) is 15.9 Å². The van der Waals surface area contributed by atoms with E-state index in [0.29, 0.717) is 12.8 Å². The third kappa shape index (κ3) is 5.44. The van der Waals surface area contributed by atoms with E-state index in [-0.39, 0.29) is 41.6 Å². The van der Waals surface area contributed by atoms with Crippen molar-refractivity contribution in [3.8, 4) is 0 Å². The lowest BCUT2D eigenvalue weighted by Gasteiger charge is -2.42. The second kappa shape index (κ2) is 9.99. The number of aryl methyl sites for hydroxylation is 1. The Morgan fingerprint density at radius 1 is 0.943 bits per heavy atom. The molecule has 2 fully saturated rings. The summed E-state index contributed by atoms with van der Waals surface area (Å²) in [6.07, 6.45) is 3.70. The van der Waals surface area contributed by atoms with Gasteiger partial charge in [0.15, 0.2) is 9.84 Å². The molecule has 0 bridgehead atoms. The summed E-state index contributed by atoms with van der Waals surface area (Å²) < 4.78 is 68.4. The van der Waals surface area contributed by atoms with E-state index in [0.717, 1.165) is 37.0 Å². The molecule has 1 aliphatic carbocycles. The molecule has 0 spiro atoms. The molecule has 35 heavy (non-hydrogen) atoms. The van der Waals surface area contributed by atoms with Crippen LogP contribution in [0.1, 0.15) is 50.5 Å². The Labute approximate surface area is 206 Å². The van der Waals surface area contributed by atoms with Crippen LogP contribution in [-0.2, 0) is 24.7 Å². The van der Waals surface area contributed by atoms with Crippen molar-refractivity contribution in [3.05, 3.63) is 59.9 Å². The minimum absolute atomic E-state index is 0.0679. The number of halogens is 1. The number of piperidine rings is 1. The SMILES string of the molecule is Cc1cccc(S(=O)(=O)NC2(C(=O)N3CCC(S(=O)(=O)c4ccc(F)cc4)CC3)CCCCC2)c1. The maximum atomic E-state index is 13.7. The van der Waals surface area contributed by atoms with Crippen LogP contribution in [0.2, 0.25) is 0 Å². The van der Waals surface area contributed by atoms with Gasteiger partial charge in [-0.1, -0.05) is 31.4 Å². The summed E-state index contributed by atoms with van der Waals surface area (Å²) in [5, 5.41) is -0.677. The first-order chi connectivity index (χ1) is 16.5. The van der Waals surface area contributed by atoms with Crippen molar-refractivity contribution >= 4 is 25.8 Å². The number of carbonyl (C=O) groups is 1. The summed E-state index contributed by atoms with van der Waals surface area (Å²) in [5.74, 6) is -0.790. The van der Waals surface area contributed by atoms with Gasteiger partial charge >= 0.3 is 0 Å². The van der Waals surface area contributed by atoms with Crippen LogP contribution in [-0.4, -0.2) is 51.5 Å². The molecule has 190 valence electrons. The predicted molar refractivity (Wildman–Crippen MR) is 131 cm³/mol. The number of sulfone groups is 1. The lowest BCUT2D eigenvalue weighted by molar-refractivity contribution is -0.139. The zero-order valence-corrected chi connectivity index (χ0v) is 21.4. The first-order valence-electron chi connectivity index (χ1n) is 11.9. The van der Waals surface area contributed by atoms with Crippen LogP contribution < -0.4 is 4.72 Å². The van der Waals surface area contributed by atoms with Gasteiger partial charge in [-0.05, 0) is 74.6 Å². The molecule has 1 saturated carbocycles. The summed E-state index contributed by atoms with van der Waals surface area (Å²) in [4.78, 5) is 15.5. The van der Waals surface area contributed by atoms with Crippen molar-refractivity contribution < 1.29 is 26.0 Å². The van der Waals surface area contributed by atoms with Crippen molar-refractivity contribution in [1.29, 1.82) is 0 Å². The second-order valence-corrected chi connectivity index (χ2v) is 13.5. The number of benzene rings is 2. The summed E-state index contributed by atoms with van der Waals surface area (Å²) in [5.41, 5.74) is -0.426. The van der Waals surface area contributed by atoms with Gasteiger partial charge in [0, 0.05) is 13.1 Å². The average Bonchev–Trinajstić information content (AvgIpc) is 2.84. The molecule has 1 amide bonds. The van der Waals surface area contributed by atoms with E-state index < -0.39 is 36.5 Å². The van der Waals surface area contributed by atoms with Gasteiger partial charge in [-0.15, -0.1) is 0 Å². The second-order valence-electron chi connectivity index (χ2n) is 9.56. The fourth-order valence-corrected chi connectivity index (χ4v) is 8.36. The number of carbonyl (C=O) groups excluding carboxylic acids is 1. The number of likely N-dealkylation sites (tertiary alicyclic amines) is 1. The quantitative estimate of drug-likeness (QED) is 0.585. The molecular formula is C25H31FN2O5S2. The number of rotatable bonds is 6. The Balaban J connectivity index is 1.51. The van der Waals surface area contributed by atoms with Crippen molar-refractivity contribution in [3.63, 3.8) is 0 Å². The molecule has 0 aromatic heterocycles. The monoisotopic (exact) mass is 522 g/mol. The minimum Gasteiger partial charge on any atom is -0.341 e. The standard InChI is InChI=1S/C25H31FN2O5S2/c1-19-6-5-7-23(18-19)35(32,33)27-25(14-3-2-4-15-25)24(29)28-16-12-22(13-17-28)34(30,31)21-10-8-20(26)9-11-21/h5-11,18,22,27H,2-4,12-17H2,1H3. The van der Waals surface area contributed by atoms with Crippen LogP contribution in [0.15, 0.2) is 58.3 Å². The van der Waals surface area contributed by atoms with Gasteiger partial charge in [0.1, 0.15) is 11.4 Å². The summed E-state index contributed by atoms with van der Waals surface area (Å²) in [7, 11) is -7.58. The molecule has 0 radical (unpaired) electrons. The van der Waals surface area contributed by atoms with E-state index in [2.05, 4.69) is 4.72 Å². The van der Waals surface area contributed by atoms with Gasteiger partial charge in [0.25, 0.3) is 0 Å². The van der Waals surface area contributed by atoms with E-state index in [1.807, 2.05) is 13.0 Å². The molecule has 7 nitrogen and oxygen atoms in total. The molecule has 2 aliphatic rings. The Hall–Kier alpha value is -2.30. The van der Waals surface area contributed by atoms with Gasteiger partial charge < -0.3 is 4.90 Å². The van der Waals surface area contributed by atoms with Gasteiger partial charge in [-0.25, -0.2) is 21.2 Å². The van der Waals surface area contributed by atoms with Crippen LogP contribution in [0, 0.1) is 12.7 Å². The number of hydrogen-bond donors (Lipinski definition) is 1. The first-order valence-corrected chi connectivity index (χ1v) is 15.0. The molecule has 2 aromatic carbocycles. The topological polar surface area (TPSA) is 101 Å². The maximum Gasteiger partial charge on any atom is 0.243 e. The summed E-state index contributed by atoms with van der Waals surface area (Å²) in [6.45, 7) is 2.25. The van der Waals surface area contributed by atoms with E-state index in [1.54, 1.807) is 17.0 Å². The predicted octanol–water partition coefficient (Wildman–Crippen LogP) is 3.58. The highest BCUT2D eigenvalue weighted by Gasteiger charge is 2.46. The molecule has 1 N–H and O–H groups in total. The highest BCUT2D eigenvalue weighted by molar-refractivity contribution is 7.92. The van der Waals surface area contributed by atoms with Crippen LogP contribution in [0.25, 0.3) is 0 Å². The molecule has 10 heteroatoms. The first kappa shape index (κ1) is 25.8. The fourth-order valence-electron chi connectivity index (χ4n) is 5.10. The smallest absolute Gasteiger partial charge is 0.243 e. The molecule has 0 atom stereocenters. The lowest BCUT2D eigenvalue weighted by atomic mass is 9.81. The van der Waals surface area contributed by atoms with Crippen LogP contribution in [0.5, 0.6) is 0 Å². The number of nitrogens with zero attached hydrogens (tertiary/aromatic N) is 1. The third-order valence-corrected chi connectivity index (χ3v) is 10.9. The highest BCUT2D eigenvalue weighted by atomic mass is 32.2. The number of sulfonamides is 1.